The van der Waals surface area contributed by atoms with E-state index in [1.165, 1.54) is 23.8 Å². The Morgan fingerprint density at radius 1 is 0.933 bits per heavy atom. The molecule has 1 aromatic heterocycles. The average Bonchev–Trinajstić information content (AvgIpc) is 2.65. The molecule has 0 amide bonds. The van der Waals surface area contributed by atoms with Gasteiger partial charge < -0.3 is 4.98 Å². The number of nitrogens with one attached hydrogen (secondary N) is 3. The Morgan fingerprint density at radius 2 is 1.57 bits per heavy atom. The Bertz CT molecular complexity index is 1280. The molecule has 0 saturated carbocycles. The first-order valence-electron chi connectivity index (χ1n) is 9.77. The molecule has 0 bridgehead atoms. The quantitative estimate of drug-likeness (QED) is 0.578. The summed E-state index contributed by atoms with van der Waals surface area (Å²) >= 11 is 0. The molecule has 8 heteroatoms. The third-order valence-corrected chi connectivity index (χ3v) is 6.54. The summed E-state index contributed by atoms with van der Waals surface area (Å²) in [6, 6.07) is 11.6. The smallest absolute Gasteiger partial charge is 0.307 e. The fraction of sp³-hybridized carbons (Fsp3) is 0.364. The molecular weight excluding hydrogens is 402 g/mol. The van der Waals surface area contributed by atoms with Crippen LogP contribution >= 0.6 is 0 Å². The highest BCUT2D eigenvalue weighted by Gasteiger charge is 2.25. The molecule has 1 heterocycles. The Labute approximate surface area is 175 Å². The normalized spacial score (nSPS) is 13.7. The summed E-state index contributed by atoms with van der Waals surface area (Å²) in [7, 11) is -3.90. The summed E-state index contributed by atoms with van der Waals surface area (Å²) in [5.74, 6) is 0.000440. The number of H-pyrrole nitrogens is 2. The van der Waals surface area contributed by atoms with Crippen molar-refractivity contribution in [3.05, 3.63) is 74.4 Å². The van der Waals surface area contributed by atoms with Crippen molar-refractivity contribution in [1.82, 2.24) is 14.7 Å². The van der Waals surface area contributed by atoms with E-state index in [9.17, 15) is 18.0 Å². The number of aromatic nitrogens is 2. The molecule has 0 unspecified atom stereocenters. The van der Waals surface area contributed by atoms with Crippen LogP contribution in [0.1, 0.15) is 51.8 Å². The first kappa shape index (κ1) is 22.0. The van der Waals surface area contributed by atoms with Crippen LogP contribution in [0.5, 0.6) is 0 Å². The minimum atomic E-state index is -3.90. The zero-order valence-electron chi connectivity index (χ0n) is 17.7. The number of fused-ring (bicyclic) bond motifs is 1. The molecule has 0 aliphatic heterocycles. The van der Waals surface area contributed by atoms with Gasteiger partial charge in [0.1, 0.15) is 0 Å². The van der Waals surface area contributed by atoms with Crippen LogP contribution in [0, 0.1) is 5.92 Å². The van der Waals surface area contributed by atoms with Crippen molar-refractivity contribution in [2.75, 3.05) is 0 Å². The van der Waals surface area contributed by atoms with Gasteiger partial charge in [0, 0.05) is 6.04 Å². The highest BCUT2D eigenvalue weighted by molar-refractivity contribution is 7.89. The van der Waals surface area contributed by atoms with Crippen LogP contribution in [0.3, 0.4) is 0 Å². The van der Waals surface area contributed by atoms with E-state index in [1.807, 2.05) is 38.1 Å². The van der Waals surface area contributed by atoms with Gasteiger partial charge in [-0.05, 0) is 40.7 Å². The van der Waals surface area contributed by atoms with Crippen molar-refractivity contribution in [1.29, 1.82) is 0 Å². The molecule has 0 aliphatic carbocycles. The van der Waals surface area contributed by atoms with Crippen molar-refractivity contribution >= 4 is 20.9 Å². The monoisotopic (exact) mass is 429 g/mol. The van der Waals surface area contributed by atoms with Gasteiger partial charge in [-0.1, -0.05) is 58.9 Å². The maximum absolute atomic E-state index is 13.1. The number of sulfonamides is 1. The van der Waals surface area contributed by atoms with Crippen molar-refractivity contribution < 1.29 is 8.42 Å². The van der Waals surface area contributed by atoms with Crippen LogP contribution < -0.4 is 16.0 Å². The predicted octanol–water partition coefficient (Wildman–Crippen LogP) is 3.19. The van der Waals surface area contributed by atoms with E-state index >= 15 is 0 Å². The summed E-state index contributed by atoms with van der Waals surface area (Å²) < 4.78 is 28.9. The lowest BCUT2D eigenvalue weighted by atomic mass is 9.85. The van der Waals surface area contributed by atoms with Gasteiger partial charge in [-0.2, -0.15) is 0 Å². The molecule has 0 aliphatic rings. The van der Waals surface area contributed by atoms with Crippen molar-refractivity contribution in [3.8, 4) is 0 Å². The third-order valence-electron chi connectivity index (χ3n) is 5.11. The number of hydrogen-bond acceptors (Lipinski definition) is 4. The van der Waals surface area contributed by atoms with Crippen molar-refractivity contribution in [2.45, 2.75) is 51.0 Å². The molecule has 0 radical (unpaired) electrons. The first-order valence-corrected chi connectivity index (χ1v) is 11.3. The molecule has 3 N–H and O–H groups in total. The SMILES string of the molecule is CC(C)[C@@H](NS(=O)(=O)c1ccc2[nH]c(=O)[nH]c(=O)c2c1)c1ccc(C(C)(C)C)cc1. The maximum atomic E-state index is 13.1. The Kier molecular flexibility index (Phi) is 5.75. The molecule has 2 aromatic carbocycles. The summed E-state index contributed by atoms with van der Waals surface area (Å²) in [6.45, 7) is 10.3. The van der Waals surface area contributed by atoms with Crippen LogP contribution in [0.4, 0.5) is 0 Å². The molecule has 7 nitrogen and oxygen atoms in total. The van der Waals surface area contributed by atoms with Gasteiger partial charge in [-0.3, -0.25) is 9.78 Å². The zero-order chi connectivity index (χ0) is 22.3. The number of benzene rings is 2. The van der Waals surface area contributed by atoms with E-state index in [2.05, 4.69) is 35.5 Å². The summed E-state index contributed by atoms with van der Waals surface area (Å²) in [4.78, 5) is 28.0. The molecule has 0 fully saturated rings. The molecule has 0 spiro atoms. The second-order valence-corrected chi connectivity index (χ2v) is 10.5. The van der Waals surface area contributed by atoms with E-state index < -0.39 is 27.3 Å². The van der Waals surface area contributed by atoms with Crippen molar-refractivity contribution in [3.63, 3.8) is 0 Å². The number of rotatable bonds is 5. The second kappa shape index (κ2) is 7.85. The third kappa shape index (κ3) is 4.55. The molecule has 1 atom stereocenters. The van der Waals surface area contributed by atoms with Gasteiger partial charge >= 0.3 is 5.69 Å². The number of aromatic amines is 2. The molecular formula is C22H27N3O4S. The minimum absolute atomic E-state index is 0.000440. The number of hydrogen-bond donors (Lipinski definition) is 3. The topological polar surface area (TPSA) is 112 Å². The highest BCUT2D eigenvalue weighted by Crippen LogP contribution is 2.28. The summed E-state index contributed by atoms with van der Waals surface area (Å²) in [6.07, 6.45) is 0. The van der Waals surface area contributed by atoms with Gasteiger partial charge in [0.2, 0.25) is 10.0 Å². The summed E-state index contributed by atoms with van der Waals surface area (Å²) in [5, 5.41) is 0.105. The predicted molar refractivity (Wildman–Crippen MR) is 118 cm³/mol. The standard InChI is InChI=1S/C22H27N3O4S/c1-13(2)19(14-6-8-15(9-7-14)22(3,4)5)25-30(28,29)16-10-11-18-17(12-16)20(26)24-21(27)23-18/h6-13,19,25H,1-5H3,(H2,23,24,26,27)/t19-/m1/s1. The molecule has 0 saturated heterocycles. The van der Waals surface area contributed by atoms with Gasteiger partial charge in [0.15, 0.2) is 0 Å². The van der Waals surface area contributed by atoms with Crippen LogP contribution in [0.25, 0.3) is 10.9 Å². The molecule has 3 rings (SSSR count). The lowest BCUT2D eigenvalue weighted by Crippen LogP contribution is -2.32. The lowest BCUT2D eigenvalue weighted by molar-refractivity contribution is 0.462. The van der Waals surface area contributed by atoms with E-state index in [4.69, 9.17) is 0 Å². The van der Waals surface area contributed by atoms with Crippen LogP contribution in [0.15, 0.2) is 56.9 Å². The molecule has 160 valence electrons. The zero-order valence-corrected chi connectivity index (χ0v) is 18.6. The van der Waals surface area contributed by atoms with Gasteiger partial charge in [0.25, 0.3) is 5.56 Å². The largest absolute Gasteiger partial charge is 0.326 e. The van der Waals surface area contributed by atoms with Crippen LogP contribution in [-0.2, 0) is 15.4 Å². The van der Waals surface area contributed by atoms with E-state index in [-0.39, 0.29) is 27.1 Å². The fourth-order valence-electron chi connectivity index (χ4n) is 3.33. The van der Waals surface area contributed by atoms with E-state index in [1.54, 1.807) is 0 Å². The summed E-state index contributed by atoms with van der Waals surface area (Å²) in [5.41, 5.74) is 1.04. The highest BCUT2D eigenvalue weighted by atomic mass is 32.2. The van der Waals surface area contributed by atoms with Gasteiger partial charge in [-0.25, -0.2) is 17.9 Å². The van der Waals surface area contributed by atoms with Gasteiger partial charge in [-0.15, -0.1) is 0 Å². The average molecular weight is 430 g/mol. The van der Waals surface area contributed by atoms with Crippen molar-refractivity contribution in [2.24, 2.45) is 5.92 Å². The van der Waals surface area contributed by atoms with Crippen LogP contribution in [0.2, 0.25) is 0 Å². The Balaban J connectivity index is 1.98. The minimum Gasteiger partial charge on any atom is -0.307 e. The Morgan fingerprint density at radius 3 is 2.13 bits per heavy atom. The van der Waals surface area contributed by atoms with E-state index in [0.29, 0.717) is 0 Å². The Hall–Kier alpha value is -2.71. The molecule has 30 heavy (non-hydrogen) atoms. The van der Waals surface area contributed by atoms with Gasteiger partial charge in [0.05, 0.1) is 15.8 Å². The van der Waals surface area contributed by atoms with E-state index in [0.717, 1.165) is 5.56 Å². The second-order valence-electron chi connectivity index (χ2n) is 8.83. The molecule has 3 aromatic rings. The lowest BCUT2D eigenvalue weighted by Gasteiger charge is -2.25. The fourth-order valence-corrected chi connectivity index (χ4v) is 4.72. The maximum Gasteiger partial charge on any atom is 0.326 e. The first-order chi connectivity index (χ1) is 13.9. The van der Waals surface area contributed by atoms with Crippen LogP contribution in [-0.4, -0.2) is 18.4 Å².